The van der Waals surface area contributed by atoms with Crippen LogP contribution < -0.4 is 5.59 Å². The lowest BCUT2D eigenvalue weighted by molar-refractivity contribution is 0.00578. The first kappa shape index (κ1) is 49.9. The molecule has 15 aromatic rings. The molecule has 10 aromatic carbocycles. The summed E-state index contributed by atoms with van der Waals surface area (Å²) in [7, 11) is -0.533. The van der Waals surface area contributed by atoms with Gasteiger partial charge in [0.05, 0.1) is 50.6 Å². The van der Waals surface area contributed by atoms with Gasteiger partial charge in [0.1, 0.15) is 5.69 Å². The van der Waals surface area contributed by atoms with Crippen molar-refractivity contribution in [2.75, 3.05) is 0 Å². The van der Waals surface area contributed by atoms with Crippen molar-refractivity contribution in [2.45, 2.75) is 38.9 Å². The number of aromatic nitrogens is 6. The Kier molecular flexibility index (Phi) is 12.0. The molecule has 0 saturated carbocycles. The Hall–Kier alpha value is -10.1. The largest absolute Gasteiger partial charge is 0.515 e. The quantitative estimate of drug-likeness (QED) is 0.120. The van der Waals surface area contributed by atoms with Crippen molar-refractivity contribution in [3.05, 3.63) is 249 Å². The molecular formula is C74H53BN6O2. The Morgan fingerprint density at radius 2 is 0.723 bits per heavy atom. The Labute approximate surface area is 480 Å². The predicted octanol–water partition coefficient (Wildman–Crippen LogP) is 17.6. The second-order valence-electron chi connectivity index (χ2n) is 22.3. The fraction of sp³-hybridized carbons (Fsp3) is 0.0811. The maximum Gasteiger partial charge on any atom is 0.515 e. The maximum absolute atomic E-state index is 6.38. The lowest BCUT2D eigenvalue weighted by Gasteiger charge is -2.32. The molecule has 0 spiro atoms. The van der Waals surface area contributed by atoms with Crippen LogP contribution in [0.1, 0.15) is 27.7 Å². The summed E-state index contributed by atoms with van der Waals surface area (Å²) in [5.41, 5.74) is 10.2. The molecule has 16 rings (SSSR count). The minimum atomic E-state index is -0.533. The van der Waals surface area contributed by atoms with Gasteiger partial charge >= 0.3 is 7.12 Å². The summed E-state index contributed by atoms with van der Waals surface area (Å²) in [6.45, 7) is 8.27. The van der Waals surface area contributed by atoms with Gasteiger partial charge in [-0.05, 0) is 78.2 Å². The molecular weight excluding hydrogens is 1020 g/mol. The van der Waals surface area contributed by atoms with E-state index in [-0.39, 0.29) is 0 Å². The van der Waals surface area contributed by atoms with Crippen molar-refractivity contribution >= 4 is 99.2 Å². The summed E-state index contributed by atoms with van der Waals surface area (Å²) < 4.78 is 12.8. The van der Waals surface area contributed by atoms with Crippen LogP contribution in [0.25, 0.3) is 143 Å². The average Bonchev–Trinajstić information content (AvgIpc) is 3.52. The Balaban J connectivity index is 0.000000145. The maximum atomic E-state index is 6.38. The van der Waals surface area contributed by atoms with Gasteiger partial charge in [0, 0.05) is 77.7 Å². The van der Waals surface area contributed by atoms with Gasteiger partial charge in [-0.15, -0.1) is 0 Å². The van der Waals surface area contributed by atoms with Crippen molar-refractivity contribution in [1.82, 2.24) is 29.9 Å². The van der Waals surface area contributed by atoms with Crippen LogP contribution in [0.15, 0.2) is 249 Å². The summed E-state index contributed by atoms with van der Waals surface area (Å²) in [4.78, 5) is 30.7. The van der Waals surface area contributed by atoms with E-state index in [1.165, 1.54) is 32.3 Å². The standard InChI is InChI=1S/C42H26N4.C32H27BN2O2/c1-3-14-28(15-4-1)37-25-38(29-16-5-2-6-17-29)46-42(45-37)41-32-20-10-9-19-31(32)35(26-43-41)40-34-24-23-27-13-7-8-18-30(27)39(34)33-21-11-12-22-36(33)44-40;1-31(2)32(3,4)37-33(36-31)30-23-14-8-7-13-22(23)26(19-34-30)29-25-18-17-20-11-5-6-12-21(20)28(25)24-15-9-10-16-27(24)35-29/h1-26H;5-19H,1-4H3. The number of nitrogens with zero attached hydrogens (tertiary/aromatic N) is 6. The molecule has 6 heterocycles. The summed E-state index contributed by atoms with van der Waals surface area (Å²) in [5, 5.41) is 16.0. The highest BCUT2D eigenvalue weighted by molar-refractivity contribution is 6.64. The number of pyridine rings is 4. The van der Waals surface area contributed by atoms with Crippen LogP contribution >= 0.6 is 0 Å². The minimum absolute atomic E-state index is 0.434. The summed E-state index contributed by atoms with van der Waals surface area (Å²) in [5.74, 6) is 0.588. The van der Waals surface area contributed by atoms with Crippen LogP contribution in [0.5, 0.6) is 0 Å². The van der Waals surface area contributed by atoms with Gasteiger partial charge in [-0.1, -0.05) is 218 Å². The highest BCUT2D eigenvalue weighted by Crippen LogP contribution is 2.43. The third-order valence-electron chi connectivity index (χ3n) is 16.9. The fourth-order valence-electron chi connectivity index (χ4n) is 12.0. The van der Waals surface area contributed by atoms with Gasteiger partial charge in [0.2, 0.25) is 0 Å². The van der Waals surface area contributed by atoms with Crippen LogP contribution in [-0.2, 0) is 9.31 Å². The van der Waals surface area contributed by atoms with Gasteiger partial charge in [-0.3, -0.25) is 9.97 Å². The third-order valence-corrected chi connectivity index (χ3v) is 16.9. The van der Waals surface area contributed by atoms with E-state index in [1.807, 2.05) is 60.9 Å². The van der Waals surface area contributed by atoms with E-state index in [2.05, 4.69) is 216 Å². The van der Waals surface area contributed by atoms with E-state index >= 15 is 0 Å². The molecule has 1 aliphatic heterocycles. The molecule has 0 amide bonds. The minimum Gasteiger partial charge on any atom is -0.398 e. The lowest BCUT2D eigenvalue weighted by atomic mass is 9.80. The Morgan fingerprint density at radius 3 is 1.23 bits per heavy atom. The zero-order valence-corrected chi connectivity index (χ0v) is 46.2. The Morgan fingerprint density at radius 1 is 0.325 bits per heavy atom. The van der Waals surface area contributed by atoms with Crippen molar-refractivity contribution in [3.63, 3.8) is 0 Å². The van der Waals surface area contributed by atoms with Gasteiger partial charge in [-0.2, -0.15) is 0 Å². The first-order valence-electron chi connectivity index (χ1n) is 28.2. The number of para-hydroxylation sites is 2. The van der Waals surface area contributed by atoms with Crippen LogP contribution in [0.3, 0.4) is 0 Å². The topological polar surface area (TPSA) is 95.8 Å². The summed E-state index contributed by atoms with van der Waals surface area (Å²) >= 11 is 0. The van der Waals surface area contributed by atoms with E-state index in [1.54, 1.807) is 0 Å². The van der Waals surface area contributed by atoms with Gasteiger partial charge in [0.25, 0.3) is 0 Å². The van der Waals surface area contributed by atoms with E-state index in [9.17, 15) is 0 Å². The molecule has 9 heteroatoms. The van der Waals surface area contributed by atoms with E-state index in [4.69, 9.17) is 39.2 Å². The molecule has 83 heavy (non-hydrogen) atoms. The molecule has 0 bridgehead atoms. The predicted molar refractivity (Wildman–Crippen MR) is 343 cm³/mol. The number of hydrogen-bond acceptors (Lipinski definition) is 8. The zero-order chi connectivity index (χ0) is 55.8. The number of rotatable bonds is 6. The molecule has 8 nitrogen and oxygen atoms in total. The van der Waals surface area contributed by atoms with Gasteiger partial charge in [-0.25, -0.2) is 19.9 Å². The summed E-state index contributed by atoms with van der Waals surface area (Å²) in [6, 6.07) is 82.0. The van der Waals surface area contributed by atoms with Crippen LogP contribution in [0, 0.1) is 0 Å². The van der Waals surface area contributed by atoms with Gasteiger partial charge < -0.3 is 9.31 Å². The smallest absolute Gasteiger partial charge is 0.398 e. The number of fused-ring (bicyclic) bond motifs is 12. The van der Waals surface area contributed by atoms with Crippen molar-refractivity contribution in [3.8, 4) is 56.5 Å². The van der Waals surface area contributed by atoms with Crippen molar-refractivity contribution in [2.24, 2.45) is 0 Å². The SMILES string of the molecule is CC1(C)OB(c2ncc(-c3nc4ccccc4c4c3ccc3ccccc34)c3ccccc23)OC1(C)C.c1ccc(-c2cc(-c3ccccc3)nc(-c3ncc(-c4nc5ccccc5c5c4ccc4ccccc45)c4ccccc34)n2)cc1. The monoisotopic (exact) mass is 1070 g/mol. The third kappa shape index (κ3) is 8.55. The normalized spacial score (nSPS) is 13.9. The second-order valence-corrected chi connectivity index (χ2v) is 22.3. The first-order valence-corrected chi connectivity index (χ1v) is 28.2. The molecule has 1 saturated heterocycles. The van der Waals surface area contributed by atoms with Crippen LogP contribution in [-0.4, -0.2) is 48.2 Å². The fourth-order valence-corrected chi connectivity index (χ4v) is 12.0. The molecule has 0 radical (unpaired) electrons. The number of hydrogen-bond donors (Lipinski definition) is 0. The van der Waals surface area contributed by atoms with Gasteiger partial charge in [0.15, 0.2) is 5.82 Å². The van der Waals surface area contributed by atoms with Crippen LogP contribution in [0.2, 0.25) is 0 Å². The van der Waals surface area contributed by atoms with Crippen molar-refractivity contribution in [1.29, 1.82) is 0 Å². The molecule has 0 aliphatic carbocycles. The second kappa shape index (κ2) is 19.9. The molecule has 0 atom stereocenters. The van der Waals surface area contributed by atoms with Crippen LogP contribution in [0.4, 0.5) is 0 Å². The molecule has 0 unspecified atom stereocenters. The first-order chi connectivity index (χ1) is 40.7. The number of benzene rings is 10. The zero-order valence-electron chi connectivity index (χ0n) is 46.2. The Bertz CT molecular complexity index is 4970. The summed E-state index contributed by atoms with van der Waals surface area (Å²) in [6.07, 6.45) is 3.89. The highest BCUT2D eigenvalue weighted by Gasteiger charge is 2.53. The highest BCUT2D eigenvalue weighted by atomic mass is 16.7. The molecule has 5 aromatic heterocycles. The molecule has 1 fully saturated rings. The van der Waals surface area contributed by atoms with E-state index in [0.29, 0.717) is 5.82 Å². The van der Waals surface area contributed by atoms with Crippen molar-refractivity contribution < 1.29 is 9.31 Å². The van der Waals surface area contributed by atoms with E-state index in [0.717, 1.165) is 110 Å². The lowest BCUT2D eigenvalue weighted by Crippen LogP contribution is -2.41. The molecule has 0 N–H and O–H groups in total. The van der Waals surface area contributed by atoms with E-state index < -0.39 is 18.3 Å². The molecule has 394 valence electrons. The average molecular weight is 1070 g/mol. The molecule has 1 aliphatic rings.